The van der Waals surface area contributed by atoms with E-state index in [1.54, 1.807) is 18.2 Å². The molecule has 2 aromatic carbocycles. The van der Waals surface area contributed by atoms with Crippen molar-refractivity contribution in [2.45, 2.75) is 6.61 Å². The summed E-state index contributed by atoms with van der Waals surface area (Å²) in [5.74, 6) is 0.729. The number of nitrogens with zero attached hydrogens (tertiary/aromatic N) is 2. The van der Waals surface area contributed by atoms with E-state index in [9.17, 15) is 9.90 Å². The lowest BCUT2D eigenvalue weighted by Gasteiger charge is -2.08. The molecule has 0 unspecified atom stereocenters. The molecule has 0 radical (unpaired) electrons. The molecule has 0 saturated carbocycles. The fraction of sp³-hybridized carbons (Fsp3) is 0.118. The molecule has 0 aliphatic carbocycles. The van der Waals surface area contributed by atoms with Crippen LogP contribution in [0.2, 0.25) is 0 Å². The van der Waals surface area contributed by atoms with Crippen LogP contribution in [0.15, 0.2) is 58.7 Å². The molecule has 0 atom stereocenters. The molecule has 7 heteroatoms. The second-order valence-electron chi connectivity index (χ2n) is 4.99. The number of nitrogens with one attached hydrogen (secondary N) is 1. The van der Waals surface area contributed by atoms with Crippen LogP contribution < -0.4 is 10.1 Å². The Morgan fingerprint density at radius 3 is 2.83 bits per heavy atom. The molecule has 1 saturated heterocycles. The molecule has 0 bridgehead atoms. The maximum Gasteiger partial charge on any atom is 0.236 e. The lowest BCUT2D eigenvalue weighted by atomic mass is 10.2. The van der Waals surface area contributed by atoms with Crippen LogP contribution in [0, 0.1) is 0 Å². The number of thioether (sulfide) groups is 1. The van der Waals surface area contributed by atoms with E-state index < -0.39 is 0 Å². The van der Waals surface area contributed by atoms with Crippen LogP contribution in [-0.4, -0.2) is 28.1 Å². The highest BCUT2D eigenvalue weighted by molar-refractivity contribution is 8.15. The van der Waals surface area contributed by atoms with Gasteiger partial charge in [-0.25, -0.2) is 0 Å². The number of amides is 1. The predicted molar refractivity (Wildman–Crippen MR) is 94.5 cm³/mol. The normalized spacial score (nSPS) is 15.8. The van der Waals surface area contributed by atoms with Crippen LogP contribution in [0.25, 0.3) is 0 Å². The minimum absolute atomic E-state index is 0.0630. The Balaban J connectivity index is 1.66. The second-order valence-corrected chi connectivity index (χ2v) is 5.95. The van der Waals surface area contributed by atoms with Crippen molar-refractivity contribution in [3.63, 3.8) is 0 Å². The first-order chi connectivity index (χ1) is 11.7. The predicted octanol–water partition coefficient (Wildman–Crippen LogP) is 2.52. The summed E-state index contributed by atoms with van der Waals surface area (Å²) in [6.07, 6.45) is 1.53. The van der Waals surface area contributed by atoms with E-state index in [1.807, 2.05) is 30.3 Å². The quantitative estimate of drug-likeness (QED) is 0.647. The van der Waals surface area contributed by atoms with Gasteiger partial charge >= 0.3 is 0 Å². The highest BCUT2D eigenvalue weighted by Gasteiger charge is 2.15. The monoisotopic (exact) mass is 341 g/mol. The van der Waals surface area contributed by atoms with E-state index in [0.717, 1.165) is 11.1 Å². The topological polar surface area (TPSA) is 83.3 Å². The fourth-order valence-corrected chi connectivity index (χ4v) is 2.62. The zero-order chi connectivity index (χ0) is 16.8. The summed E-state index contributed by atoms with van der Waals surface area (Å²) in [6, 6.07) is 14.6. The molecule has 24 heavy (non-hydrogen) atoms. The SMILES string of the molecule is O=C1CSC(=NN=Cc2ccc(O)c(OCc3ccccc3)c2)N1. The molecule has 1 aliphatic rings. The lowest BCUT2D eigenvalue weighted by molar-refractivity contribution is -0.116. The molecule has 1 heterocycles. The van der Waals surface area contributed by atoms with Crippen LogP contribution in [0.5, 0.6) is 11.5 Å². The molecule has 122 valence electrons. The Labute approximate surface area is 143 Å². The zero-order valence-electron chi connectivity index (χ0n) is 12.7. The first-order valence-electron chi connectivity index (χ1n) is 7.24. The van der Waals surface area contributed by atoms with Gasteiger partial charge in [0, 0.05) is 0 Å². The van der Waals surface area contributed by atoms with Gasteiger partial charge in [-0.05, 0) is 29.3 Å². The number of carbonyl (C=O) groups is 1. The van der Waals surface area contributed by atoms with Crippen molar-refractivity contribution >= 4 is 29.1 Å². The van der Waals surface area contributed by atoms with Crippen LogP contribution in [-0.2, 0) is 11.4 Å². The largest absolute Gasteiger partial charge is 0.504 e. The van der Waals surface area contributed by atoms with Crippen molar-refractivity contribution in [3.05, 3.63) is 59.7 Å². The first kappa shape index (κ1) is 16.1. The molecule has 2 N–H and O–H groups in total. The number of benzene rings is 2. The third kappa shape index (κ3) is 4.36. The molecule has 2 aromatic rings. The highest BCUT2D eigenvalue weighted by Crippen LogP contribution is 2.27. The molecular weight excluding hydrogens is 326 g/mol. The molecule has 3 rings (SSSR count). The Bertz CT molecular complexity index is 791. The summed E-state index contributed by atoms with van der Waals surface area (Å²) in [4.78, 5) is 11.0. The van der Waals surface area contributed by atoms with Gasteiger partial charge < -0.3 is 15.2 Å². The van der Waals surface area contributed by atoms with Crippen LogP contribution >= 0.6 is 11.8 Å². The maximum atomic E-state index is 11.0. The fourth-order valence-electron chi connectivity index (χ4n) is 1.99. The maximum absolute atomic E-state index is 11.0. The minimum atomic E-state index is -0.0739. The smallest absolute Gasteiger partial charge is 0.236 e. The second kappa shape index (κ2) is 7.65. The summed E-state index contributed by atoms with van der Waals surface area (Å²) in [5.41, 5.74) is 1.74. The molecular formula is C17H15N3O3S. The van der Waals surface area contributed by atoms with E-state index in [0.29, 0.717) is 23.3 Å². The van der Waals surface area contributed by atoms with Gasteiger partial charge in [0.1, 0.15) is 6.61 Å². The summed E-state index contributed by atoms with van der Waals surface area (Å²) in [7, 11) is 0. The van der Waals surface area contributed by atoms with E-state index in [2.05, 4.69) is 15.5 Å². The van der Waals surface area contributed by atoms with Gasteiger partial charge in [0.05, 0.1) is 12.0 Å². The van der Waals surface area contributed by atoms with E-state index in [4.69, 9.17) is 4.74 Å². The minimum Gasteiger partial charge on any atom is -0.504 e. The van der Waals surface area contributed by atoms with Crippen LogP contribution in [0.1, 0.15) is 11.1 Å². The third-order valence-corrected chi connectivity index (χ3v) is 4.03. The van der Waals surface area contributed by atoms with Crippen LogP contribution in [0.4, 0.5) is 0 Å². The highest BCUT2D eigenvalue weighted by atomic mass is 32.2. The summed E-state index contributed by atoms with van der Waals surface area (Å²) >= 11 is 1.31. The Morgan fingerprint density at radius 1 is 1.25 bits per heavy atom. The van der Waals surface area contributed by atoms with Gasteiger partial charge in [-0.2, -0.15) is 5.10 Å². The molecule has 1 aliphatic heterocycles. The van der Waals surface area contributed by atoms with Gasteiger partial charge in [0.15, 0.2) is 16.7 Å². The van der Waals surface area contributed by atoms with E-state index in [1.165, 1.54) is 18.0 Å². The number of ether oxygens (including phenoxy) is 1. The van der Waals surface area contributed by atoms with Gasteiger partial charge in [-0.3, -0.25) is 4.79 Å². The molecule has 6 nitrogen and oxygen atoms in total. The van der Waals surface area contributed by atoms with Gasteiger partial charge in [-0.1, -0.05) is 42.1 Å². The van der Waals surface area contributed by atoms with E-state index >= 15 is 0 Å². The average Bonchev–Trinajstić information content (AvgIpc) is 3.01. The Hall–Kier alpha value is -2.80. The van der Waals surface area contributed by atoms with Gasteiger partial charge in [0.2, 0.25) is 5.91 Å². The molecule has 0 spiro atoms. The summed E-state index contributed by atoms with van der Waals surface area (Å²) in [6.45, 7) is 0.361. The molecule has 1 amide bonds. The number of rotatable bonds is 5. The lowest BCUT2D eigenvalue weighted by Crippen LogP contribution is -2.19. The number of phenolic OH excluding ortho intramolecular Hbond substituents is 1. The van der Waals surface area contributed by atoms with Crippen molar-refractivity contribution in [3.8, 4) is 11.5 Å². The number of phenols is 1. The van der Waals surface area contributed by atoms with Crippen molar-refractivity contribution < 1.29 is 14.6 Å². The Kier molecular flexibility index (Phi) is 5.12. The third-order valence-electron chi connectivity index (χ3n) is 3.16. The van der Waals surface area contributed by atoms with Crippen molar-refractivity contribution in [2.24, 2.45) is 10.2 Å². The number of aromatic hydroxyl groups is 1. The summed E-state index contributed by atoms with van der Waals surface area (Å²) in [5, 5.41) is 20.8. The van der Waals surface area contributed by atoms with Gasteiger partial charge in [0.25, 0.3) is 0 Å². The number of hydrogen-bond donors (Lipinski definition) is 2. The van der Waals surface area contributed by atoms with Crippen molar-refractivity contribution in [2.75, 3.05) is 5.75 Å². The number of carbonyl (C=O) groups excluding carboxylic acids is 1. The van der Waals surface area contributed by atoms with Crippen molar-refractivity contribution in [1.29, 1.82) is 0 Å². The first-order valence-corrected chi connectivity index (χ1v) is 8.23. The molecule has 1 fully saturated rings. The summed E-state index contributed by atoms with van der Waals surface area (Å²) < 4.78 is 5.65. The Morgan fingerprint density at radius 2 is 2.08 bits per heavy atom. The molecule has 0 aromatic heterocycles. The van der Waals surface area contributed by atoms with Gasteiger partial charge in [-0.15, -0.1) is 5.10 Å². The van der Waals surface area contributed by atoms with Crippen molar-refractivity contribution in [1.82, 2.24) is 5.32 Å². The van der Waals surface area contributed by atoms with Crippen LogP contribution in [0.3, 0.4) is 0 Å². The standard InChI is InChI=1S/C17H15N3O3S/c21-14-7-6-13(9-18-20-17-19-16(22)11-24-17)8-15(14)23-10-12-4-2-1-3-5-12/h1-9,21H,10-11H2,(H,19,20,22). The number of amidine groups is 1. The zero-order valence-corrected chi connectivity index (χ0v) is 13.5. The number of hydrogen-bond acceptors (Lipinski definition) is 6. The van der Waals surface area contributed by atoms with E-state index in [-0.39, 0.29) is 11.7 Å². The average molecular weight is 341 g/mol.